The van der Waals surface area contributed by atoms with E-state index in [1.165, 1.54) is 0 Å². The van der Waals surface area contributed by atoms with Gasteiger partial charge in [-0.2, -0.15) is 0 Å². The lowest BCUT2D eigenvalue weighted by atomic mass is 10.0. The van der Waals surface area contributed by atoms with Crippen molar-refractivity contribution in [3.8, 4) is 17.2 Å². The topological polar surface area (TPSA) is 51.0 Å². The summed E-state index contributed by atoms with van der Waals surface area (Å²) in [6.45, 7) is 1.96. The van der Waals surface area contributed by atoms with E-state index in [0.29, 0.717) is 17.1 Å². The van der Waals surface area contributed by atoms with Crippen molar-refractivity contribution in [1.82, 2.24) is 0 Å². The zero-order valence-electron chi connectivity index (χ0n) is 13.9. The number of ether oxygens (including phenoxy) is 2. The van der Waals surface area contributed by atoms with Crippen molar-refractivity contribution in [3.05, 3.63) is 59.7 Å². The Morgan fingerprint density at radius 1 is 0.958 bits per heavy atom. The minimum atomic E-state index is 0.204. The summed E-state index contributed by atoms with van der Waals surface area (Å²) in [6, 6.07) is 15.2. The van der Waals surface area contributed by atoms with Crippen molar-refractivity contribution >= 4 is 22.7 Å². The summed E-state index contributed by atoms with van der Waals surface area (Å²) in [5.74, 6) is 1.50. The third-order valence-electron chi connectivity index (χ3n) is 3.98. The van der Waals surface area contributed by atoms with Crippen molar-refractivity contribution in [2.75, 3.05) is 14.2 Å². The maximum Gasteiger partial charge on any atom is 0.162 e. The Balaban J connectivity index is 2.08. The zero-order chi connectivity index (χ0) is 17.1. The number of hydrogen-bond acceptors (Lipinski definition) is 4. The molecule has 122 valence electrons. The van der Waals surface area contributed by atoms with Crippen LogP contribution in [0.2, 0.25) is 0 Å². The first-order valence-electron chi connectivity index (χ1n) is 7.61. The van der Waals surface area contributed by atoms with Crippen LogP contribution >= 0.6 is 0 Å². The molecule has 0 aromatic heterocycles. The van der Waals surface area contributed by atoms with E-state index in [0.717, 1.165) is 22.0 Å². The van der Waals surface area contributed by atoms with Gasteiger partial charge in [-0.1, -0.05) is 30.3 Å². The van der Waals surface area contributed by atoms with Crippen LogP contribution in [0.25, 0.3) is 10.8 Å². The number of aliphatic imine (C=N–C) groups is 1. The molecule has 3 rings (SSSR count). The Hall–Kier alpha value is -3.01. The number of phenols is 1. The highest BCUT2D eigenvalue weighted by molar-refractivity contribution is 6.03. The van der Waals surface area contributed by atoms with E-state index in [2.05, 4.69) is 4.99 Å². The lowest BCUT2D eigenvalue weighted by Gasteiger charge is -2.10. The van der Waals surface area contributed by atoms with E-state index in [1.807, 2.05) is 49.4 Å². The van der Waals surface area contributed by atoms with E-state index in [-0.39, 0.29) is 5.75 Å². The van der Waals surface area contributed by atoms with E-state index in [4.69, 9.17) is 9.47 Å². The van der Waals surface area contributed by atoms with Crippen LogP contribution in [-0.2, 0) is 0 Å². The molecule has 0 radical (unpaired) electrons. The summed E-state index contributed by atoms with van der Waals surface area (Å²) < 4.78 is 10.6. The Labute approximate surface area is 141 Å². The van der Waals surface area contributed by atoms with E-state index >= 15 is 0 Å². The molecule has 0 amide bonds. The molecule has 0 atom stereocenters. The standard InChI is InChI=1S/C20H19NO3/c1-13-10-19(23-2)20(24-3)11-17(13)21-12-16-15-7-5-4-6-14(15)8-9-18(16)22/h4-12,22H,1-3H3. The van der Waals surface area contributed by atoms with Crippen molar-refractivity contribution < 1.29 is 14.6 Å². The average molecular weight is 321 g/mol. The summed E-state index contributed by atoms with van der Waals surface area (Å²) in [6.07, 6.45) is 1.69. The van der Waals surface area contributed by atoms with Gasteiger partial charge in [-0.3, -0.25) is 4.99 Å². The van der Waals surface area contributed by atoms with Crippen LogP contribution in [0.15, 0.2) is 53.5 Å². The van der Waals surface area contributed by atoms with Gasteiger partial charge in [0, 0.05) is 17.8 Å². The smallest absolute Gasteiger partial charge is 0.162 e. The fourth-order valence-electron chi connectivity index (χ4n) is 2.66. The van der Waals surface area contributed by atoms with Crippen LogP contribution in [0.4, 0.5) is 5.69 Å². The fourth-order valence-corrected chi connectivity index (χ4v) is 2.66. The number of methoxy groups -OCH3 is 2. The van der Waals surface area contributed by atoms with Crippen LogP contribution < -0.4 is 9.47 Å². The van der Waals surface area contributed by atoms with Gasteiger partial charge in [0.2, 0.25) is 0 Å². The monoisotopic (exact) mass is 321 g/mol. The number of benzene rings is 3. The normalized spacial score (nSPS) is 11.1. The average Bonchev–Trinajstić information content (AvgIpc) is 2.61. The Bertz CT molecular complexity index is 916. The maximum absolute atomic E-state index is 10.2. The molecule has 0 aliphatic rings. The second-order valence-electron chi connectivity index (χ2n) is 5.47. The van der Waals surface area contributed by atoms with Crippen LogP contribution in [0.3, 0.4) is 0 Å². The first kappa shape index (κ1) is 15.9. The largest absolute Gasteiger partial charge is 0.507 e. The number of phenolic OH excluding ortho intramolecular Hbond substituents is 1. The van der Waals surface area contributed by atoms with Gasteiger partial charge in [-0.15, -0.1) is 0 Å². The molecule has 0 unspecified atom stereocenters. The second-order valence-corrected chi connectivity index (χ2v) is 5.47. The summed E-state index contributed by atoms with van der Waals surface area (Å²) in [4.78, 5) is 4.55. The van der Waals surface area contributed by atoms with Gasteiger partial charge in [-0.25, -0.2) is 0 Å². The number of fused-ring (bicyclic) bond motifs is 1. The first-order chi connectivity index (χ1) is 11.6. The molecule has 4 nitrogen and oxygen atoms in total. The highest BCUT2D eigenvalue weighted by Gasteiger charge is 2.09. The SMILES string of the molecule is COc1cc(C)c(N=Cc2c(O)ccc3ccccc23)cc1OC. The van der Waals surface area contributed by atoms with Gasteiger partial charge in [-0.05, 0) is 35.4 Å². The molecule has 24 heavy (non-hydrogen) atoms. The van der Waals surface area contributed by atoms with Crippen LogP contribution in [0, 0.1) is 6.92 Å². The third kappa shape index (κ3) is 2.91. The van der Waals surface area contributed by atoms with Gasteiger partial charge in [0.1, 0.15) is 5.75 Å². The predicted molar refractivity (Wildman–Crippen MR) is 97.1 cm³/mol. The Morgan fingerprint density at radius 3 is 2.42 bits per heavy atom. The number of nitrogens with zero attached hydrogens (tertiary/aromatic N) is 1. The highest BCUT2D eigenvalue weighted by atomic mass is 16.5. The van der Waals surface area contributed by atoms with Gasteiger partial charge in [0.15, 0.2) is 11.5 Å². The summed E-state index contributed by atoms with van der Waals surface area (Å²) in [5.41, 5.74) is 2.42. The number of rotatable bonds is 4. The third-order valence-corrected chi connectivity index (χ3v) is 3.98. The van der Waals surface area contributed by atoms with Crippen molar-refractivity contribution in [2.45, 2.75) is 6.92 Å². The lowest BCUT2D eigenvalue weighted by Crippen LogP contribution is -1.92. The molecule has 0 spiro atoms. The molecule has 4 heteroatoms. The molecule has 3 aromatic rings. The molecular weight excluding hydrogens is 302 g/mol. The molecule has 0 bridgehead atoms. The van der Waals surface area contributed by atoms with Gasteiger partial charge in [0.25, 0.3) is 0 Å². The molecule has 3 aromatic carbocycles. The van der Waals surface area contributed by atoms with Crippen LogP contribution in [0.1, 0.15) is 11.1 Å². The Morgan fingerprint density at radius 2 is 1.67 bits per heavy atom. The summed E-state index contributed by atoms with van der Waals surface area (Å²) >= 11 is 0. The lowest BCUT2D eigenvalue weighted by molar-refractivity contribution is 0.355. The van der Waals surface area contributed by atoms with Crippen LogP contribution in [-0.4, -0.2) is 25.5 Å². The zero-order valence-corrected chi connectivity index (χ0v) is 13.9. The summed E-state index contributed by atoms with van der Waals surface area (Å²) in [5, 5.41) is 12.2. The molecule has 0 heterocycles. The molecule has 0 aliphatic carbocycles. The first-order valence-corrected chi connectivity index (χ1v) is 7.61. The molecular formula is C20H19NO3. The minimum Gasteiger partial charge on any atom is -0.507 e. The maximum atomic E-state index is 10.2. The molecule has 0 saturated carbocycles. The van der Waals surface area contributed by atoms with Crippen molar-refractivity contribution in [2.24, 2.45) is 4.99 Å². The molecule has 0 fully saturated rings. The Kier molecular flexibility index (Phi) is 4.38. The number of aromatic hydroxyl groups is 1. The van der Waals surface area contributed by atoms with Gasteiger partial charge < -0.3 is 14.6 Å². The van der Waals surface area contributed by atoms with Crippen molar-refractivity contribution in [1.29, 1.82) is 0 Å². The number of aryl methyl sites for hydroxylation is 1. The van der Waals surface area contributed by atoms with E-state index in [9.17, 15) is 5.11 Å². The van der Waals surface area contributed by atoms with Crippen molar-refractivity contribution in [3.63, 3.8) is 0 Å². The minimum absolute atomic E-state index is 0.204. The summed E-state index contributed by atoms with van der Waals surface area (Å²) in [7, 11) is 3.20. The number of hydrogen-bond donors (Lipinski definition) is 1. The molecule has 1 N–H and O–H groups in total. The molecule has 0 aliphatic heterocycles. The quantitative estimate of drug-likeness (QED) is 0.713. The predicted octanol–water partition coefficient (Wildman–Crippen LogP) is 4.62. The fraction of sp³-hybridized carbons (Fsp3) is 0.150. The van der Waals surface area contributed by atoms with Gasteiger partial charge in [0.05, 0.1) is 19.9 Å². The second kappa shape index (κ2) is 6.62. The highest BCUT2D eigenvalue weighted by Crippen LogP contribution is 2.34. The molecule has 0 saturated heterocycles. The van der Waals surface area contributed by atoms with Gasteiger partial charge >= 0.3 is 0 Å². The van der Waals surface area contributed by atoms with E-state index in [1.54, 1.807) is 26.5 Å². The van der Waals surface area contributed by atoms with E-state index < -0.39 is 0 Å². The van der Waals surface area contributed by atoms with Crippen LogP contribution in [0.5, 0.6) is 17.2 Å².